The number of hydrogen-bond donors (Lipinski definition) is 2. The molecule has 0 spiro atoms. The third-order valence-corrected chi connectivity index (χ3v) is 2.51. The van der Waals surface area contributed by atoms with Crippen LogP contribution in [0.4, 0.5) is 5.69 Å². The largest absolute Gasteiger partial charge is 0.497 e. The molecule has 1 aromatic rings. The van der Waals surface area contributed by atoms with E-state index < -0.39 is 5.97 Å². The summed E-state index contributed by atoms with van der Waals surface area (Å²) in [6.07, 6.45) is 1.06. The van der Waals surface area contributed by atoms with E-state index >= 15 is 0 Å². The highest BCUT2D eigenvalue weighted by atomic mass is 32.2. The smallest absolute Gasteiger partial charge is 0.328 e. The van der Waals surface area contributed by atoms with Crippen molar-refractivity contribution in [3.63, 3.8) is 0 Å². The van der Waals surface area contributed by atoms with Crippen LogP contribution in [-0.4, -0.2) is 18.2 Å². The Labute approximate surface area is 91.7 Å². The van der Waals surface area contributed by atoms with Crippen molar-refractivity contribution in [2.24, 2.45) is 0 Å². The van der Waals surface area contributed by atoms with Gasteiger partial charge in [-0.15, -0.1) is 0 Å². The Morgan fingerprint density at radius 2 is 2.33 bits per heavy atom. The van der Waals surface area contributed by atoms with Crippen LogP contribution in [0.3, 0.4) is 0 Å². The predicted octanol–water partition coefficient (Wildman–Crippen LogP) is 1.97. The zero-order valence-electron chi connectivity index (χ0n) is 8.14. The maximum Gasteiger partial charge on any atom is 0.328 e. The molecule has 0 aliphatic rings. The molecule has 0 saturated heterocycles. The lowest BCUT2D eigenvalue weighted by Gasteiger charge is -2.04. The molecule has 15 heavy (non-hydrogen) atoms. The number of hydrogen-bond acceptors (Lipinski definition) is 4. The maximum atomic E-state index is 10.2. The van der Waals surface area contributed by atoms with Crippen LogP contribution in [0.1, 0.15) is 0 Å². The first-order valence-electron chi connectivity index (χ1n) is 4.13. The van der Waals surface area contributed by atoms with Crippen molar-refractivity contribution >= 4 is 23.4 Å². The number of carbonyl (C=O) groups is 1. The molecule has 0 heterocycles. The summed E-state index contributed by atoms with van der Waals surface area (Å²) in [5.74, 6) is -0.292. The molecule has 0 aliphatic carbocycles. The predicted molar refractivity (Wildman–Crippen MR) is 60.0 cm³/mol. The number of carboxylic acid groups (broad SMARTS) is 1. The molecule has 4 nitrogen and oxygen atoms in total. The van der Waals surface area contributed by atoms with Crippen LogP contribution in [0.5, 0.6) is 5.75 Å². The van der Waals surface area contributed by atoms with Gasteiger partial charge >= 0.3 is 5.97 Å². The van der Waals surface area contributed by atoms with E-state index in [2.05, 4.69) is 0 Å². The number of benzene rings is 1. The Balaban J connectivity index is 2.79. The lowest BCUT2D eigenvalue weighted by Crippen LogP contribution is -1.90. The van der Waals surface area contributed by atoms with Crippen LogP contribution >= 0.6 is 11.8 Å². The van der Waals surface area contributed by atoms with Crippen LogP contribution in [0.15, 0.2) is 34.6 Å². The fourth-order valence-electron chi connectivity index (χ4n) is 0.909. The van der Waals surface area contributed by atoms with Crippen molar-refractivity contribution in [3.8, 4) is 5.75 Å². The first-order chi connectivity index (χ1) is 7.13. The minimum absolute atomic E-state index is 0.593. The second-order valence-electron chi connectivity index (χ2n) is 2.66. The SMILES string of the molecule is COc1ccc(N)c(SC=CC(=O)O)c1. The van der Waals surface area contributed by atoms with Crippen LogP contribution in [0, 0.1) is 0 Å². The summed E-state index contributed by atoms with van der Waals surface area (Å²) in [5, 5.41) is 9.87. The number of methoxy groups -OCH3 is 1. The van der Waals surface area contributed by atoms with Crippen molar-refractivity contribution < 1.29 is 14.6 Å². The molecule has 1 aromatic carbocycles. The zero-order chi connectivity index (χ0) is 11.3. The fraction of sp³-hybridized carbons (Fsp3) is 0.100. The van der Waals surface area contributed by atoms with E-state index in [9.17, 15) is 4.79 Å². The van der Waals surface area contributed by atoms with Gasteiger partial charge in [0.25, 0.3) is 0 Å². The standard InChI is InChI=1S/C10H11NO3S/c1-14-7-2-3-8(11)9(6-7)15-5-4-10(12)13/h2-6H,11H2,1H3,(H,12,13). The molecule has 80 valence electrons. The monoisotopic (exact) mass is 225 g/mol. The van der Waals surface area contributed by atoms with Crippen LogP contribution in [0.2, 0.25) is 0 Å². The maximum absolute atomic E-state index is 10.2. The van der Waals surface area contributed by atoms with Gasteiger partial charge in [0.15, 0.2) is 0 Å². The highest BCUT2D eigenvalue weighted by Gasteiger charge is 2.00. The molecular weight excluding hydrogens is 214 g/mol. The highest BCUT2D eigenvalue weighted by Crippen LogP contribution is 2.29. The first kappa shape index (κ1) is 11.5. The topological polar surface area (TPSA) is 72.5 Å². The van der Waals surface area contributed by atoms with E-state index in [1.807, 2.05) is 0 Å². The molecule has 1 rings (SSSR count). The molecule has 0 atom stereocenters. The molecule has 0 amide bonds. The summed E-state index contributed by atoms with van der Waals surface area (Å²) >= 11 is 1.24. The first-order valence-corrected chi connectivity index (χ1v) is 5.01. The van der Waals surface area contributed by atoms with Crippen LogP contribution < -0.4 is 10.5 Å². The van der Waals surface area contributed by atoms with Crippen molar-refractivity contribution in [1.29, 1.82) is 0 Å². The number of rotatable bonds is 4. The summed E-state index contributed by atoms with van der Waals surface area (Å²) in [6, 6.07) is 5.22. The van der Waals surface area contributed by atoms with Crippen LogP contribution in [-0.2, 0) is 4.79 Å². The second-order valence-corrected chi connectivity index (χ2v) is 3.61. The zero-order valence-corrected chi connectivity index (χ0v) is 8.95. The van der Waals surface area contributed by atoms with E-state index in [4.69, 9.17) is 15.6 Å². The van der Waals surface area contributed by atoms with Gasteiger partial charge in [0.05, 0.1) is 7.11 Å². The fourth-order valence-corrected chi connectivity index (χ4v) is 1.63. The van der Waals surface area contributed by atoms with Crippen molar-refractivity contribution in [3.05, 3.63) is 29.7 Å². The van der Waals surface area contributed by atoms with Gasteiger partial charge in [-0.1, -0.05) is 11.8 Å². The van der Waals surface area contributed by atoms with Gasteiger partial charge in [0, 0.05) is 16.7 Å². The number of ether oxygens (including phenoxy) is 1. The summed E-state index contributed by atoms with van der Waals surface area (Å²) in [5.41, 5.74) is 6.30. The van der Waals surface area contributed by atoms with Gasteiger partial charge in [-0.05, 0) is 23.6 Å². The Morgan fingerprint density at radius 1 is 1.60 bits per heavy atom. The Kier molecular flexibility index (Phi) is 4.05. The summed E-state index contributed by atoms with van der Waals surface area (Å²) in [6.45, 7) is 0. The normalized spacial score (nSPS) is 10.5. The van der Waals surface area contributed by atoms with E-state index in [-0.39, 0.29) is 0 Å². The van der Waals surface area contributed by atoms with Crippen LogP contribution in [0.25, 0.3) is 0 Å². The molecule has 0 bridgehead atoms. The summed E-state index contributed by atoms with van der Waals surface area (Å²) in [4.78, 5) is 11.0. The molecule has 0 aromatic heterocycles. The van der Waals surface area contributed by atoms with Gasteiger partial charge in [-0.25, -0.2) is 4.79 Å². The number of nitrogen functional groups attached to an aromatic ring is 1. The molecule has 0 aliphatic heterocycles. The third kappa shape index (κ3) is 3.55. The van der Waals surface area contributed by atoms with Gasteiger partial charge in [0.1, 0.15) is 5.75 Å². The number of carboxylic acids is 1. The van der Waals surface area contributed by atoms with Crippen molar-refractivity contribution in [2.75, 3.05) is 12.8 Å². The molecule has 0 unspecified atom stereocenters. The number of thioether (sulfide) groups is 1. The molecule has 3 N–H and O–H groups in total. The second kappa shape index (κ2) is 5.31. The molecule has 5 heteroatoms. The van der Waals surface area contributed by atoms with E-state index in [0.717, 1.165) is 11.0 Å². The van der Waals surface area contributed by atoms with E-state index in [1.165, 1.54) is 17.2 Å². The lowest BCUT2D eigenvalue weighted by atomic mass is 10.3. The van der Waals surface area contributed by atoms with Crippen molar-refractivity contribution in [2.45, 2.75) is 4.90 Å². The van der Waals surface area contributed by atoms with Gasteiger partial charge < -0.3 is 15.6 Å². The Morgan fingerprint density at radius 3 is 2.93 bits per heavy atom. The van der Waals surface area contributed by atoms with E-state index in [1.54, 1.807) is 25.3 Å². The van der Waals surface area contributed by atoms with Crippen molar-refractivity contribution in [1.82, 2.24) is 0 Å². The Hall–Kier alpha value is -1.62. The minimum atomic E-state index is -0.982. The van der Waals surface area contributed by atoms with E-state index in [0.29, 0.717) is 11.4 Å². The minimum Gasteiger partial charge on any atom is -0.497 e. The number of anilines is 1. The number of nitrogens with two attached hydrogens (primary N) is 1. The molecule has 0 radical (unpaired) electrons. The average Bonchev–Trinajstić information content (AvgIpc) is 2.20. The quantitative estimate of drug-likeness (QED) is 0.465. The lowest BCUT2D eigenvalue weighted by molar-refractivity contribution is -0.131. The Bertz CT molecular complexity index is 390. The van der Waals surface area contributed by atoms with Gasteiger partial charge in [-0.3, -0.25) is 0 Å². The molecule has 0 fully saturated rings. The highest BCUT2D eigenvalue weighted by molar-refractivity contribution is 8.02. The van der Waals surface area contributed by atoms with Gasteiger partial charge in [0.2, 0.25) is 0 Å². The summed E-state index contributed by atoms with van der Waals surface area (Å²) < 4.78 is 5.03. The third-order valence-electron chi connectivity index (χ3n) is 1.63. The molecule has 0 saturated carbocycles. The summed E-state index contributed by atoms with van der Waals surface area (Å²) in [7, 11) is 1.56. The molecular formula is C10H11NO3S. The average molecular weight is 225 g/mol. The number of aliphatic carboxylic acids is 1. The van der Waals surface area contributed by atoms with Gasteiger partial charge in [-0.2, -0.15) is 0 Å².